The van der Waals surface area contributed by atoms with Crippen molar-refractivity contribution in [1.82, 2.24) is 0 Å². The van der Waals surface area contributed by atoms with Crippen LogP contribution in [-0.2, 0) is 6.61 Å². The molecule has 3 aromatic carbocycles. The number of ether oxygens (including phenoxy) is 1. The molecule has 0 atom stereocenters. The molecule has 0 aliphatic carbocycles. The summed E-state index contributed by atoms with van der Waals surface area (Å²) >= 11 is 0. The first-order valence-corrected chi connectivity index (χ1v) is 9.57. The molecule has 2 heterocycles. The number of carboxylic acids is 1. The van der Waals surface area contributed by atoms with Crippen molar-refractivity contribution in [3.63, 3.8) is 0 Å². The van der Waals surface area contributed by atoms with E-state index < -0.39 is 86.4 Å². The van der Waals surface area contributed by atoms with E-state index in [-0.39, 0.29) is 21.5 Å². The summed E-state index contributed by atoms with van der Waals surface area (Å²) in [7, 11) is 0. The molecule has 0 saturated carbocycles. The van der Waals surface area contributed by atoms with Gasteiger partial charge in [0.1, 0.15) is 6.61 Å². The highest BCUT2D eigenvalue weighted by atomic mass is 16.5. The third kappa shape index (κ3) is 2.91. The highest BCUT2D eigenvalue weighted by Crippen LogP contribution is 2.46. The molecule has 0 saturated heterocycles. The van der Waals surface area contributed by atoms with Crippen molar-refractivity contribution in [3.05, 3.63) is 50.2 Å². The van der Waals surface area contributed by atoms with E-state index in [9.17, 15) is 50.1 Å². The van der Waals surface area contributed by atoms with E-state index in [0.717, 1.165) is 12.1 Å². The lowest BCUT2D eigenvalue weighted by molar-refractivity contribution is 0.0692. The molecule has 0 amide bonds. The van der Waals surface area contributed by atoms with Crippen LogP contribution in [-0.4, -0.2) is 41.7 Å². The predicted octanol–water partition coefficient (Wildman–Crippen LogP) is 2.00. The highest BCUT2D eigenvalue weighted by Gasteiger charge is 2.27. The molecular formula is C22H12O13. The summed E-state index contributed by atoms with van der Waals surface area (Å²) in [5.74, 6) is -7.34. The van der Waals surface area contributed by atoms with Crippen LogP contribution in [0, 0.1) is 0 Å². The van der Waals surface area contributed by atoms with Gasteiger partial charge in [-0.1, -0.05) is 0 Å². The van der Waals surface area contributed by atoms with Gasteiger partial charge in [0.05, 0.1) is 16.3 Å². The Bertz CT molecular complexity index is 1830. The molecule has 0 aliphatic heterocycles. The van der Waals surface area contributed by atoms with Gasteiger partial charge in [-0.2, -0.15) is 0 Å². The van der Waals surface area contributed by atoms with Crippen LogP contribution in [0.5, 0.6) is 40.2 Å². The molecule has 0 spiro atoms. The Kier molecular flexibility index (Phi) is 4.35. The fourth-order valence-corrected chi connectivity index (χ4v) is 3.85. The van der Waals surface area contributed by atoms with Crippen LogP contribution in [0.1, 0.15) is 15.9 Å². The maximum Gasteiger partial charge on any atom is 0.344 e. The largest absolute Gasteiger partial charge is 0.504 e. The summed E-state index contributed by atoms with van der Waals surface area (Å²) < 4.78 is 15.6. The molecule has 0 radical (unpaired) electrons. The molecule has 35 heavy (non-hydrogen) atoms. The second-order valence-electron chi connectivity index (χ2n) is 7.46. The fraction of sp³-hybridized carbons (Fsp3) is 0.0455. The minimum absolute atomic E-state index is 0.114. The summed E-state index contributed by atoms with van der Waals surface area (Å²) in [4.78, 5) is 36.6. The third-order valence-corrected chi connectivity index (χ3v) is 5.50. The predicted molar refractivity (Wildman–Crippen MR) is 115 cm³/mol. The molecule has 178 valence electrons. The number of phenols is 6. The van der Waals surface area contributed by atoms with Crippen molar-refractivity contribution in [2.45, 2.75) is 6.61 Å². The van der Waals surface area contributed by atoms with Gasteiger partial charge in [0.15, 0.2) is 34.2 Å². The zero-order valence-corrected chi connectivity index (χ0v) is 17.0. The maximum atomic E-state index is 12.6. The van der Waals surface area contributed by atoms with Crippen LogP contribution in [0.4, 0.5) is 0 Å². The maximum absolute atomic E-state index is 12.6. The van der Waals surface area contributed by atoms with Crippen molar-refractivity contribution in [3.8, 4) is 40.2 Å². The van der Waals surface area contributed by atoms with Gasteiger partial charge in [0, 0.05) is 16.3 Å². The zero-order valence-electron chi connectivity index (χ0n) is 17.0. The van der Waals surface area contributed by atoms with Gasteiger partial charge in [-0.3, -0.25) is 0 Å². The summed E-state index contributed by atoms with van der Waals surface area (Å²) in [5, 5.41) is 68.6. The van der Waals surface area contributed by atoms with Crippen molar-refractivity contribution in [2.75, 3.05) is 0 Å². The van der Waals surface area contributed by atoms with Crippen molar-refractivity contribution in [2.24, 2.45) is 0 Å². The van der Waals surface area contributed by atoms with Crippen LogP contribution < -0.4 is 16.0 Å². The number of hydrogen-bond donors (Lipinski definition) is 7. The number of phenolic OH excluding ortho intramolecular Hbond substituents is 6. The Morgan fingerprint density at radius 3 is 1.89 bits per heavy atom. The summed E-state index contributed by atoms with van der Waals surface area (Å²) in [6, 6.07) is 2.56. The lowest BCUT2D eigenvalue weighted by atomic mass is 10.0. The zero-order chi connectivity index (χ0) is 25.3. The van der Waals surface area contributed by atoms with Gasteiger partial charge in [0.2, 0.25) is 17.2 Å². The molecule has 0 fully saturated rings. The van der Waals surface area contributed by atoms with Gasteiger partial charge < -0.3 is 49.3 Å². The van der Waals surface area contributed by atoms with Crippen LogP contribution in [0.15, 0.2) is 36.6 Å². The van der Waals surface area contributed by atoms with Crippen LogP contribution >= 0.6 is 0 Å². The van der Waals surface area contributed by atoms with Crippen molar-refractivity contribution >= 4 is 38.7 Å². The average molecular weight is 484 g/mol. The SMILES string of the molecule is O=C(O)c1cc(O)c(O)c(O)c1COc1cc2c(=O)oc3c(O)c(O)cc4c(=O)oc(c1O)c2c34. The number of carbonyl (C=O) groups is 1. The summed E-state index contributed by atoms with van der Waals surface area (Å²) in [5.41, 5.74) is -4.29. The van der Waals surface area contributed by atoms with Crippen molar-refractivity contribution < 1.29 is 54.1 Å². The molecule has 2 aromatic heterocycles. The van der Waals surface area contributed by atoms with Gasteiger partial charge in [-0.25, -0.2) is 14.4 Å². The number of aromatic hydroxyl groups is 6. The molecule has 0 unspecified atom stereocenters. The molecule has 13 heteroatoms. The second-order valence-corrected chi connectivity index (χ2v) is 7.46. The van der Waals surface area contributed by atoms with Gasteiger partial charge in [-0.05, 0) is 18.2 Å². The average Bonchev–Trinajstić information content (AvgIpc) is 2.80. The second kappa shape index (κ2) is 7.08. The van der Waals surface area contributed by atoms with E-state index in [1.807, 2.05) is 0 Å². The number of hydrogen-bond acceptors (Lipinski definition) is 12. The van der Waals surface area contributed by atoms with E-state index in [1.54, 1.807) is 0 Å². The van der Waals surface area contributed by atoms with Crippen molar-refractivity contribution in [1.29, 1.82) is 0 Å². The van der Waals surface area contributed by atoms with E-state index in [1.165, 1.54) is 0 Å². The first kappa shape index (κ1) is 21.5. The Morgan fingerprint density at radius 2 is 1.29 bits per heavy atom. The molecule has 7 N–H and O–H groups in total. The van der Waals surface area contributed by atoms with Gasteiger partial charge in [-0.15, -0.1) is 0 Å². The molecule has 0 aliphatic rings. The Hall–Kier alpha value is -5.33. The standard InChI is InChI=1S/C22H12O13/c23-9-1-5(20(29)30)8(14(25)15(9)26)4-33-11-3-7-13-12-6(21(31)35-19(13)17(11)28)2-10(24)16(27)18(12)34-22(7)32/h1-3,23-28H,4H2,(H,29,30). The molecule has 13 nitrogen and oxygen atoms in total. The Labute approximate surface area is 190 Å². The summed E-state index contributed by atoms with van der Waals surface area (Å²) in [6.07, 6.45) is 0. The first-order valence-electron chi connectivity index (χ1n) is 9.57. The lowest BCUT2D eigenvalue weighted by Crippen LogP contribution is -2.09. The van der Waals surface area contributed by atoms with Gasteiger partial charge in [0.25, 0.3) is 0 Å². The first-order chi connectivity index (χ1) is 16.5. The van der Waals surface area contributed by atoms with E-state index >= 15 is 0 Å². The quantitative estimate of drug-likeness (QED) is 0.110. The summed E-state index contributed by atoms with van der Waals surface area (Å²) in [6.45, 7) is -0.785. The fourth-order valence-electron chi connectivity index (χ4n) is 3.85. The smallest absolute Gasteiger partial charge is 0.344 e. The van der Waals surface area contributed by atoms with Crippen LogP contribution in [0.3, 0.4) is 0 Å². The third-order valence-electron chi connectivity index (χ3n) is 5.50. The molecule has 0 bridgehead atoms. The van der Waals surface area contributed by atoms with Gasteiger partial charge >= 0.3 is 17.2 Å². The topological polar surface area (TPSA) is 228 Å². The normalized spacial score (nSPS) is 11.5. The number of benzene rings is 3. The molecular weight excluding hydrogens is 472 g/mol. The highest BCUT2D eigenvalue weighted by molar-refractivity contribution is 6.22. The molecule has 5 aromatic rings. The van der Waals surface area contributed by atoms with E-state index in [2.05, 4.69) is 0 Å². The lowest BCUT2D eigenvalue weighted by Gasteiger charge is -2.15. The monoisotopic (exact) mass is 484 g/mol. The number of rotatable bonds is 4. The number of carboxylic acid groups (broad SMARTS) is 1. The number of aromatic carboxylic acids is 1. The minimum Gasteiger partial charge on any atom is -0.504 e. The Morgan fingerprint density at radius 1 is 0.743 bits per heavy atom. The van der Waals surface area contributed by atoms with E-state index in [0.29, 0.717) is 6.07 Å². The minimum atomic E-state index is -1.58. The molecule has 5 rings (SSSR count). The Balaban J connectivity index is 1.74. The van der Waals surface area contributed by atoms with Crippen LogP contribution in [0.25, 0.3) is 32.7 Å². The van der Waals surface area contributed by atoms with Crippen LogP contribution in [0.2, 0.25) is 0 Å². The van der Waals surface area contributed by atoms with E-state index in [4.69, 9.17) is 13.6 Å².